The Morgan fingerprint density at radius 1 is 0.520 bits per heavy atom. The van der Waals surface area contributed by atoms with Crippen molar-refractivity contribution in [1.82, 2.24) is 5.32 Å². The van der Waals surface area contributed by atoms with E-state index in [0.717, 1.165) is 25.8 Å². The molecule has 0 aromatic heterocycles. The van der Waals surface area contributed by atoms with Crippen LogP contribution in [0.5, 0.6) is 0 Å². The number of rotatable bonds is 20. The van der Waals surface area contributed by atoms with Crippen molar-refractivity contribution in [3.8, 4) is 0 Å². The molecule has 0 rings (SSSR count). The highest BCUT2D eigenvalue weighted by atomic mass is 16.1. The van der Waals surface area contributed by atoms with E-state index < -0.39 is 0 Å². The van der Waals surface area contributed by atoms with E-state index in [1.165, 1.54) is 103 Å². The third-order valence-electron chi connectivity index (χ3n) is 5.11. The first-order valence-corrected chi connectivity index (χ1v) is 11.6. The third kappa shape index (κ3) is 21.4. The van der Waals surface area contributed by atoms with E-state index in [1.807, 2.05) is 0 Å². The second-order valence-electron chi connectivity index (χ2n) is 7.76. The lowest BCUT2D eigenvalue weighted by atomic mass is 10.1. The van der Waals surface area contributed by atoms with Gasteiger partial charge in [-0.1, -0.05) is 117 Å². The van der Waals surface area contributed by atoms with Crippen LogP contribution in [0.1, 0.15) is 136 Å². The molecule has 0 aliphatic carbocycles. The minimum absolute atomic E-state index is 0.266. The zero-order chi connectivity index (χ0) is 18.4. The minimum atomic E-state index is 0.266. The lowest BCUT2D eigenvalue weighted by molar-refractivity contribution is -0.121. The molecule has 0 atom stereocenters. The molecule has 0 aromatic carbocycles. The Hall–Kier alpha value is -0.530. The Balaban J connectivity index is 3.13. The average Bonchev–Trinajstić information content (AvgIpc) is 2.62. The third-order valence-corrected chi connectivity index (χ3v) is 5.11. The molecular weight excluding hydrogens is 306 g/mol. The van der Waals surface area contributed by atoms with Gasteiger partial charge in [-0.05, 0) is 12.8 Å². The summed E-state index contributed by atoms with van der Waals surface area (Å²) in [6.45, 7) is 5.41. The van der Waals surface area contributed by atoms with E-state index in [9.17, 15) is 4.79 Å². The van der Waals surface area contributed by atoms with Crippen LogP contribution in [-0.4, -0.2) is 12.5 Å². The molecule has 0 aromatic rings. The van der Waals surface area contributed by atoms with E-state index in [0.29, 0.717) is 0 Å². The zero-order valence-corrected chi connectivity index (χ0v) is 17.6. The summed E-state index contributed by atoms with van der Waals surface area (Å²) in [7, 11) is 0. The maximum Gasteiger partial charge on any atom is 0.219 e. The summed E-state index contributed by atoms with van der Waals surface area (Å²) in [5.74, 6) is 0.266. The summed E-state index contributed by atoms with van der Waals surface area (Å²) in [5, 5.41) is 3.09. The number of carbonyl (C=O) groups is 1. The van der Waals surface area contributed by atoms with Crippen LogP contribution in [0.4, 0.5) is 0 Å². The molecule has 0 saturated heterocycles. The van der Waals surface area contributed by atoms with E-state index in [2.05, 4.69) is 19.2 Å². The molecule has 1 amide bonds. The topological polar surface area (TPSA) is 29.1 Å². The van der Waals surface area contributed by atoms with Crippen molar-refractivity contribution in [3.05, 3.63) is 0 Å². The fourth-order valence-corrected chi connectivity index (χ4v) is 3.35. The molecule has 150 valence electrons. The van der Waals surface area contributed by atoms with Gasteiger partial charge in [0.25, 0.3) is 0 Å². The number of amides is 1. The molecule has 25 heavy (non-hydrogen) atoms. The fraction of sp³-hybridized carbons (Fsp3) is 0.957. The van der Waals surface area contributed by atoms with Crippen LogP contribution in [0.3, 0.4) is 0 Å². The molecular formula is C23H47NO. The summed E-state index contributed by atoms with van der Waals surface area (Å²) in [6, 6.07) is 0. The van der Waals surface area contributed by atoms with Crippen LogP contribution in [-0.2, 0) is 4.79 Å². The highest BCUT2D eigenvalue weighted by Crippen LogP contribution is 2.11. The Labute approximate surface area is 158 Å². The summed E-state index contributed by atoms with van der Waals surface area (Å²) in [6.07, 6.45) is 24.6. The Bertz CT molecular complexity index is 265. The number of nitrogens with one attached hydrogen (secondary N) is 1. The Morgan fingerprint density at radius 2 is 0.880 bits per heavy atom. The van der Waals surface area contributed by atoms with Crippen LogP contribution < -0.4 is 5.32 Å². The van der Waals surface area contributed by atoms with Crippen molar-refractivity contribution in [1.29, 1.82) is 0 Å². The van der Waals surface area contributed by atoms with Gasteiger partial charge in [-0.25, -0.2) is 0 Å². The highest BCUT2D eigenvalue weighted by molar-refractivity contribution is 5.75. The van der Waals surface area contributed by atoms with Crippen molar-refractivity contribution < 1.29 is 4.79 Å². The van der Waals surface area contributed by atoms with Gasteiger partial charge in [-0.15, -0.1) is 0 Å². The second kappa shape index (κ2) is 21.5. The van der Waals surface area contributed by atoms with Crippen molar-refractivity contribution in [3.63, 3.8) is 0 Å². The summed E-state index contributed by atoms with van der Waals surface area (Å²) in [4.78, 5) is 11.8. The van der Waals surface area contributed by atoms with Crippen LogP contribution in [0.2, 0.25) is 0 Å². The number of hydrogen-bond acceptors (Lipinski definition) is 1. The number of carbonyl (C=O) groups excluding carboxylic acids is 1. The largest absolute Gasteiger partial charge is 0.356 e. The second-order valence-corrected chi connectivity index (χ2v) is 7.76. The quantitative estimate of drug-likeness (QED) is 0.225. The standard InChI is InChI=1S/C23H47NO/c1-3-5-7-9-11-13-14-16-18-20-22-24-23(25)21-19-17-15-12-10-8-6-4-2/h3-22H2,1-2H3,(H,24,25). The molecule has 2 heteroatoms. The Morgan fingerprint density at radius 3 is 1.32 bits per heavy atom. The van der Waals surface area contributed by atoms with Crippen molar-refractivity contribution in [2.24, 2.45) is 0 Å². The predicted octanol–water partition coefficient (Wildman–Crippen LogP) is 7.55. The smallest absolute Gasteiger partial charge is 0.219 e. The first-order valence-electron chi connectivity index (χ1n) is 11.6. The van der Waals surface area contributed by atoms with Gasteiger partial charge >= 0.3 is 0 Å². The lowest BCUT2D eigenvalue weighted by Crippen LogP contribution is -2.23. The zero-order valence-electron chi connectivity index (χ0n) is 17.6. The molecule has 0 unspecified atom stereocenters. The first-order chi connectivity index (χ1) is 12.3. The van der Waals surface area contributed by atoms with Gasteiger partial charge in [-0.3, -0.25) is 4.79 Å². The number of unbranched alkanes of at least 4 members (excludes halogenated alkanes) is 16. The lowest BCUT2D eigenvalue weighted by Gasteiger charge is -2.06. The molecule has 0 fully saturated rings. The highest BCUT2D eigenvalue weighted by Gasteiger charge is 2.00. The maximum absolute atomic E-state index is 11.8. The predicted molar refractivity (Wildman–Crippen MR) is 112 cm³/mol. The maximum atomic E-state index is 11.8. The van der Waals surface area contributed by atoms with Gasteiger partial charge < -0.3 is 5.32 Å². The molecule has 0 radical (unpaired) electrons. The van der Waals surface area contributed by atoms with E-state index in [-0.39, 0.29) is 5.91 Å². The van der Waals surface area contributed by atoms with E-state index in [1.54, 1.807) is 0 Å². The molecule has 0 bridgehead atoms. The van der Waals surface area contributed by atoms with Gasteiger partial charge in [-0.2, -0.15) is 0 Å². The average molecular weight is 354 g/mol. The first kappa shape index (κ1) is 24.5. The minimum Gasteiger partial charge on any atom is -0.356 e. The van der Waals surface area contributed by atoms with Crippen molar-refractivity contribution in [2.75, 3.05) is 6.54 Å². The van der Waals surface area contributed by atoms with Gasteiger partial charge in [0.1, 0.15) is 0 Å². The summed E-state index contributed by atoms with van der Waals surface area (Å²) < 4.78 is 0. The normalized spacial score (nSPS) is 11.0. The molecule has 2 nitrogen and oxygen atoms in total. The summed E-state index contributed by atoms with van der Waals surface area (Å²) >= 11 is 0. The molecule has 1 N–H and O–H groups in total. The number of hydrogen-bond donors (Lipinski definition) is 1. The molecule has 0 aliphatic heterocycles. The molecule has 0 saturated carbocycles. The van der Waals surface area contributed by atoms with Gasteiger partial charge in [0.05, 0.1) is 0 Å². The van der Waals surface area contributed by atoms with Crippen LogP contribution in [0.15, 0.2) is 0 Å². The van der Waals surface area contributed by atoms with Crippen LogP contribution >= 0.6 is 0 Å². The van der Waals surface area contributed by atoms with Gasteiger partial charge in [0.15, 0.2) is 0 Å². The van der Waals surface area contributed by atoms with Gasteiger partial charge in [0.2, 0.25) is 5.91 Å². The van der Waals surface area contributed by atoms with E-state index >= 15 is 0 Å². The SMILES string of the molecule is CCCCCCCCCCCCNC(=O)CCCCCCCCCC. The molecule has 0 aliphatic rings. The molecule has 0 heterocycles. The summed E-state index contributed by atoms with van der Waals surface area (Å²) in [5.41, 5.74) is 0. The van der Waals surface area contributed by atoms with Crippen molar-refractivity contribution in [2.45, 2.75) is 136 Å². The molecule has 0 spiro atoms. The van der Waals surface area contributed by atoms with Crippen LogP contribution in [0, 0.1) is 0 Å². The fourth-order valence-electron chi connectivity index (χ4n) is 3.35. The van der Waals surface area contributed by atoms with Gasteiger partial charge in [0, 0.05) is 13.0 Å². The van der Waals surface area contributed by atoms with Crippen molar-refractivity contribution >= 4 is 5.91 Å². The van der Waals surface area contributed by atoms with E-state index in [4.69, 9.17) is 0 Å². The monoisotopic (exact) mass is 353 g/mol. The Kier molecular flexibility index (Phi) is 21.1. The van der Waals surface area contributed by atoms with Crippen LogP contribution in [0.25, 0.3) is 0 Å².